The van der Waals surface area contributed by atoms with Gasteiger partial charge in [-0.05, 0) is 0 Å². The standard InChI is InChI=1S/C11H17N5O5.C9H13N5O4/c1-15-3-16(8-5(15)9(20)14-11(12)13-8)10-7(19)6(18)4(2-17)21-10;10-9-12-7-6(8(17)13-9)11-3-14(7)4-18-5(1-15)2-16/h4,6-7,10,17-19H,2-3H2,1H3,(H3,12,13,14,20);3,5,15-16H,1-2,4H2,(H3,10,12,13,17)/t4-,6-,7-,10-;/m1./s1. The molecule has 2 aliphatic rings. The van der Waals surface area contributed by atoms with Crippen molar-refractivity contribution in [2.24, 2.45) is 0 Å². The number of nitrogens with two attached hydrogens (primary N) is 2. The van der Waals surface area contributed by atoms with Crippen LogP contribution in [0.25, 0.3) is 11.2 Å². The van der Waals surface area contributed by atoms with Crippen LogP contribution in [0.3, 0.4) is 0 Å². The molecule has 0 aromatic carbocycles. The molecule has 3 aromatic heterocycles. The van der Waals surface area contributed by atoms with Crippen molar-refractivity contribution in [1.29, 1.82) is 0 Å². The van der Waals surface area contributed by atoms with Gasteiger partial charge in [-0.3, -0.25) is 24.1 Å². The number of aliphatic hydroxyl groups is 5. The van der Waals surface area contributed by atoms with Crippen LogP contribution in [0.4, 0.5) is 23.4 Å². The van der Waals surface area contributed by atoms with Crippen LogP contribution in [0, 0.1) is 0 Å². The van der Waals surface area contributed by atoms with E-state index in [1.54, 1.807) is 11.9 Å². The molecule has 0 unspecified atom stereocenters. The third-order valence-electron chi connectivity index (χ3n) is 6.09. The number of anilines is 4. The number of nitrogens with one attached hydrogen (secondary N) is 2. The summed E-state index contributed by atoms with van der Waals surface area (Å²) < 4.78 is 12.1. The van der Waals surface area contributed by atoms with E-state index in [-0.39, 0.29) is 55.5 Å². The van der Waals surface area contributed by atoms with Gasteiger partial charge in [-0.2, -0.15) is 9.97 Å². The smallest absolute Gasteiger partial charge is 0.280 e. The highest BCUT2D eigenvalue weighted by molar-refractivity contribution is 5.72. The van der Waals surface area contributed by atoms with Gasteiger partial charge in [-0.15, -0.1) is 0 Å². The average molecular weight is 555 g/mol. The molecule has 0 bridgehead atoms. The van der Waals surface area contributed by atoms with Crippen molar-refractivity contribution in [3.05, 3.63) is 27.0 Å². The number of aromatic amines is 2. The molecule has 39 heavy (non-hydrogen) atoms. The number of ether oxygens (including phenoxy) is 2. The van der Waals surface area contributed by atoms with Crippen LogP contribution < -0.4 is 32.4 Å². The second-order valence-corrected chi connectivity index (χ2v) is 8.78. The first-order valence-corrected chi connectivity index (χ1v) is 11.6. The summed E-state index contributed by atoms with van der Waals surface area (Å²) in [6.07, 6.45) is -3.58. The molecule has 4 atom stereocenters. The molecule has 1 saturated heterocycles. The van der Waals surface area contributed by atoms with Crippen LogP contribution >= 0.6 is 0 Å². The highest BCUT2D eigenvalue weighted by Gasteiger charge is 2.48. The van der Waals surface area contributed by atoms with Gasteiger partial charge in [-0.25, -0.2) is 4.98 Å². The topological polar surface area (TPSA) is 287 Å². The van der Waals surface area contributed by atoms with Crippen molar-refractivity contribution in [2.45, 2.75) is 37.4 Å². The fourth-order valence-corrected chi connectivity index (χ4v) is 4.14. The van der Waals surface area contributed by atoms with Crippen molar-refractivity contribution < 1.29 is 35.0 Å². The van der Waals surface area contributed by atoms with E-state index in [0.717, 1.165) is 0 Å². The molecular formula is C20H30N10O9. The Hall–Kier alpha value is -3.85. The predicted octanol–water partition coefficient (Wildman–Crippen LogP) is -4.97. The molecule has 1 fully saturated rings. The average Bonchev–Trinajstić information content (AvgIpc) is 3.54. The minimum atomic E-state index is -1.23. The third-order valence-corrected chi connectivity index (χ3v) is 6.09. The molecule has 0 spiro atoms. The number of hydrogen-bond donors (Lipinski definition) is 9. The Kier molecular flexibility index (Phi) is 8.30. The van der Waals surface area contributed by atoms with E-state index in [1.165, 1.54) is 15.8 Å². The van der Waals surface area contributed by atoms with Gasteiger partial charge in [0, 0.05) is 7.05 Å². The van der Waals surface area contributed by atoms with Crippen LogP contribution in [0.2, 0.25) is 0 Å². The van der Waals surface area contributed by atoms with Gasteiger partial charge in [0.15, 0.2) is 23.2 Å². The number of nitrogen functional groups attached to an aromatic ring is 2. The van der Waals surface area contributed by atoms with E-state index in [0.29, 0.717) is 5.69 Å². The second kappa shape index (κ2) is 11.5. The molecule has 5 rings (SSSR count). The number of imidazole rings is 1. The maximum Gasteiger partial charge on any atom is 0.280 e. The summed E-state index contributed by atoms with van der Waals surface area (Å²) in [5.41, 5.74) is 10.9. The largest absolute Gasteiger partial charge is 0.394 e. The first-order valence-electron chi connectivity index (χ1n) is 11.6. The van der Waals surface area contributed by atoms with Crippen LogP contribution in [0.1, 0.15) is 0 Å². The number of hydrogen-bond acceptors (Lipinski definition) is 16. The summed E-state index contributed by atoms with van der Waals surface area (Å²) in [6, 6.07) is 0. The lowest BCUT2D eigenvalue weighted by molar-refractivity contribution is -0.0488. The summed E-state index contributed by atoms with van der Waals surface area (Å²) in [6.45, 7) is -0.797. The van der Waals surface area contributed by atoms with Crippen molar-refractivity contribution in [3.63, 3.8) is 0 Å². The van der Waals surface area contributed by atoms with Crippen LogP contribution in [0.5, 0.6) is 0 Å². The molecule has 2 aliphatic heterocycles. The zero-order chi connectivity index (χ0) is 28.4. The Morgan fingerprint density at radius 1 is 1.10 bits per heavy atom. The summed E-state index contributed by atoms with van der Waals surface area (Å²) in [4.78, 5) is 43.2. The molecule has 0 saturated carbocycles. The fraction of sp³-hybridized carbons (Fsp3) is 0.550. The van der Waals surface area contributed by atoms with E-state index >= 15 is 0 Å². The molecule has 0 amide bonds. The maximum atomic E-state index is 11.9. The van der Waals surface area contributed by atoms with Gasteiger partial charge >= 0.3 is 0 Å². The summed E-state index contributed by atoms with van der Waals surface area (Å²) in [5.74, 6) is 0.203. The van der Waals surface area contributed by atoms with E-state index in [1.807, 2.05) is 0 Å². The van der Waals surface area contributed by atoms with Crippen LogP contribution in [-0.2, 0) is 16.2 Å². The molecule has 19 heteroatoms. The maximum absolute atomic E-state index is 11.9. The van der Waals surface area contributed by atoms with E-state index in [9.17, 15) is 19.8 Å². The SMILES string of the molecule is CN1CN([C@@H]2O[C@H](CO)[C@@H](O)[C@H]2O)c2nc(N)[nH]c(=O)c21.Nc1nc2c(ncn2COC(CO)CO)c(=O)[nH]1. The Balaban J connectivity index is 0.000000183. The van der Waals surface area contributed by atoms with Gasteiger partial charge < -0.3 is 56.3 Å². The summed E-state index contributed by atoms with van der Waals surface area (Å²) >= 11 is 0. The van der Waals surface area contributed by atoms with Crippen molar-refractivity contribution in [2.75, 3.05) is 54.8 Å². The predicted molar refractivity (Wildman–Crippen MR) is 134 cm³/mol. The second-order valence-electron chi connectivity index (χ2n) is 8.78. The molecule has 0 aliphatic carbocycles. The van der Waals surface area contributed by atoms with Crippen molar-refractivity contribution in [1.82, 2.24) is 29.5 Å². The number of H-pyrrole nitrogens is 2. The van der Waals surface area contributed by atoms with Crippen LogP contribution in [0.15, 0.2) is 15.9 Å². The molecular weight excluding hydrogens is 524 g/mol. The molecule has 19 nitrogen and oxygen atoms in total. The van der Waals surface area contributed by atoms with Gasteiger partial charge in [0.1, 0.15) is 36.8 Å². The zero-order valence-corrected chi connectivity index (χ0v) is 20.7. The lowest BCUT2D eigenvalue weighted by atomic mass is 10.1. The lowest BCUT2D eigenvalue weighted by Gasteiger charge is -2.27. The summed E-state index contributed by atoms with van der Waals surface area (Å²) in [5, 5.41) is 46.7. The fourth-order valence-electron chi connectivity index (χ4n) is 4.14. The van der Waals surface area contributed by atoms with E-state index in [2.05, 4.69) is 24.9 Å². The van der Waals surface area contributed by atoms with Crippen molar-refractivity contribution in [3.8, 4) is 0 Å². The minimum Gasteiger partial charge on any atom is -0.394 e. The molecule has 5 heterocycles. The number of fused-ring (bicyclic) bond motifs is 2. The van der Waals surface area contributed by atoms with E-state index in [4.69, 9.17) is 36.3 Å². The first kappa shape index (κ1) is 28.2. The van der Waals surface area contributed by atoms with Gasteiger partial charge in [0.25, 0.3) is 11.1 Å². The number of nitrogens with zero attached hydrogens (tertiary/aromatic N) is 6. The number of aliphatic hydroxyl groups excluding tert-OH is 5. The Morgan fingerprint density at radius 3 is 2.41 bits per heavy atom. The Bertz CT molecular complexity index is 1410. The Labute approximate surface area is 218 Å². The van der Waals surface area contributed by atoms with Gasteiger partial charge in [0.05, 0.1) is 32.8 Å². The Morgan fingerprint density at radius 2 is 1.77 bits per heavy atom. The minimum absolute atomic E-state index is 0.00181. The monoisotopic (exact) mass is 554 g/mol. The zero-order valence-electron chi connectivity index (χ0n) is 20.7. The number of aromatic nitrogens is 6. The highest BCUT2D eigenvalue weighted by atomic mass is 16.6. The molecule has 3 aromatic rings. The lowest BCUT2D eigenvalue weighted by Crippen LogP contribution is -2.45. The van der Waals surface area contributed by atoms with Gasteiger partial charge in [0.2, 0.25) is 11.9 Å². The molecule has 0 radical (unpaired) electrons. The third kappa shape index (κ3) is 5.49. The van der Waals surface area contributed by atoms with Crippen molar-refractivity contribution >= 4 is 34.6 Å². The van der Waals surface area contributed by atoms with E-state index < -0.39 is 48.4 Å². The first-order chi connectivity index (χ1) is 18.6. The van der Waals surface area contributed by atoms with Crippen LogP contribution in [-0.4, -0.2) is 119 Å². The van der Waals surface area contributed by atoms with Gasteiger partial charge in [-0.1, -0.05) is 0 Å². The quantitative estimate of drug-likeness (QED) is 0.132. The number of rotatable bonds is 7. The highest BCUT2D eigenvalue weighted by Crippen LogP contribution is 2.35. The normalized spacial score (nSPS) is 22.4. The molecule has 214 valence electrons. The summed E-state index contributed by atoms with van der Waals surface area (Å²) in [7, 11) is 1.69. The molecule has 11 N–H and O–H groups in total.